The molecule has 0 radical (unpaired) electrons. The van der Waals surface area contributed by atoms with Gasteiger partial charge >= 0.3 is 53.8 Å². The minimum atomic E-state index is -0.710. The minimum absolute atomic E-state index is 0.0635. The number of nitrogens with one attached hydrogen (secondary N) is 1. The highest BCUT2D eigenvalue weighted by Gasteiger charge is 2.24. The number of aliphatic imine (C=N–C) groups is 2. The van der Waals surface area contributed by atoms with Gasteiger partial charge in [0.2, 0.25) is 12.2 Å². The number of epoxide rings is 1. The number of anilines is 1. The van der Waals surface area contributed by atoms with Gasteiger partial charge in [-0.25, -0.2) is 62.7 Å². The summed E-state index contributed by atoms with van der Waals surface area (Å²) in [5, 5.41) is 63.7. The second kappa shape index (κ2) is 87.3. The highest BCUT2D eigenvalue weighted by atomic mass is 16.6. The van der Waals surface area contributed by atoms with E-state index in [0.717, 1.165) is 32.1 Å². The van der Waals surface area contributed by atoms with Crippen LogP contribution in [0.3, 0.4) is 0 Å². The number of aliphatic hydroxyl groups excluding tert-OH is 7. The number of alkyl carbamates (subject to hydrolysis) is 1. The van der Waals surface area contributed by atoms with Crippen LogP contribution in [0.5, 0.6) is 0 Å². The second-order valence-electron chi connectivity index (χ2n) is 27.4. The molecule has 120 heavy (non-hydrogen) atoms. The number of amides is 1. The summed E-state index contributed by atoms with van der Waals surface area (Å²) in [5.74, 6) is -3.94. The molecule has 1 amide bonds. The number of esters is 8. The third-order valence-corrected chi connectivity index (χ3v) is 13.5. The standard InChI is InChI=1S/C13H23NO5.2C10H18O3.C8H10O3.C7H10N2.2C7H9NO3.C7H10O3.C6H15NO.3C4H10O/c1-5-11(8-10(4)15)19-13(17)14-6-7-18-12(16)9(2)3;2*1-5-9(6-8(4)11)13-10(12)7(2)3;1-5(2)7(9)11-8(10)6(3)4;1-9(2)7-3-5-8-6-4-7;2*1-6(2)7(10)11-4-3-8-5-9;1-5(2)7(8)10-4-6-3-9-6;1-3-6(7)4-5(2)8;3*1-3-4(2)5/h10-11,15H,2,5-8H2,1,3-4H3,(H,14,17);2*8-9,11H,2,5-6H2,1,3-4H3;1,3H2,2,4H3;3-6H,1-2H3;2*1,3-4H2,2H3;6H,1,3-4H2,2H3;5-6,8H,3-4,7H2,1-2H3;3*4-5H,3H2,1-2H3. The van der Waals surface area contributed by atoms with E-state index in [4.69, 9.17) is 64.8 Å². The molecule has 0 aromatic carbocycles. The minimum Gasteiger partial charge on any atom is -0.460 e. The summed E-state index contributed by atoms with van der Waals surface area (Å²) in [6.07, 6.45) is 10.7. The van der Waals surface area contributed by atoms with Crippen molar-refractivity contribution in [3.8, 4) is 0 Å². The molecule has 2 heterocycles. The summed E-state index contributed by atoms with van der Waals surface area (Å²) in [5.41, 5.74) is 9.28. The summed E-state index contributed by atoms with van der Waals surface area (Å²) >= 11 is 0. The van der Waals surface area contributed by atoms with Crippen LogP contribution in [0.4, 0.5) is 10.5 Å². The van der Waals surface area contributed by atoms with Crippen molar-refractivity contribution in [1.82, 2.24) is 10.3 Å². The highest BCUT2D eigenvalue weighted by Crippen LogP contribution is 2.13. The molecule has 33 heteroatoms. The molecule has 1 saturated heterocycles. The molecule has 10 N–H and O–H groups in total. The van der Waals surface area contributed by atoms with Crippen molar-refractivity contribution in [3.63, 3.8) is 0 Å². The number of nitrogens with zero attached hydrogens (tertiary/aromatic N) is 4. The Labute approximate surface area is 715 Å². The van der Waals surface area contributed by atoms with Crippen molar-refractivity contribution >= 4 is 71.7 Å². The molecule has 0 bridgehead atoms. The number of carbonyl (C=O) groups is 9. The third kappa shape index (κ3) is 108. The number of ether oxygens (including phenoxy) is 9. The van der Waals surface area contributed by atoms with Gasteiger partial charge in [0.1, 0.15) is 50.8 Å². The first-order valence-electron chi connectivity index (χ1n) is 39.4. The largest absolute Gasteiger partial charge is 0.460 e. The maximum Gasteiger partial charge on any atom is 0.407 e. The van der Waals surface area contributed by atoms with E-state index in [1.807, 2.05) is 79.6 Å². The maximum absolute atomic E-state index is 11.4. The number of carbonyl (C=O) groups excluding carboxylic acids is 11. The molecular weight excluding hydrogens is 1560 g/mol. The molecule has 33 nitrogen and oxygen atoms in total. The predicted octanol–water partition coefficient (Wildman–Crippen LogP) is 11.3. The number of pyridine rings is 1. The summed E-state index contributed by atoms with van der Waals surface area (Å²) < 4.78 is 43.1. The average Bonchev–Trinajstić information content (AvgIpc) is 1.68. The van der Waals surface area contributed by atoms with Crippen LogP contribution in [0, 0.1) is 0 Å². The first-order valence-corrected chi connectivity index (χ1v) is 39.4. The van der Waals surface area contributed by atoms with E-state index in [0.29, 0.717) is 85.2 Å². The number of aromatic nitrogens is 1. The molecule has 1 aromatic heterocycles. The predicted molar refractivity (Wildman–Crippen MR) is 466 cm³/mol. The lowest BCUT2D eigenvalue weighted by molar-refractivity contribution is -0.154. The maximum atomic E-state index is 11.4. The number of hydrogen-bond acceptors (Lipinski definition) is 32. The molecule has 692 valence electrons. The summed E-state index contributed by atoms with van der Waals surface area (Å²) in [7, 11) is 4.02. The lowest BCUT2D eigenvalue weighted by Crippen LogP contribution is -2.32. The average molecular weight is 1710 g/mol. The zero-order valence-electron chi connectivity index (χ0n) is 76.5. The molecule has 1 aliphatic rings. The number of rotatable bonds is 38. The van der Waals surface area contributed by atoms with E-state index in [1.54, 1.807) is 102 Å². The number of isocyanates is 2. The van der Waals surface area contributed by atoms with E-state index in [2.05, 4.69) is 87.1 Å². The summed E-state index contributed by atoms with van der Waals surface area (Å²) in [6.45, 7) is 67.1. The topological polar surface area (TPSA) is 495 Å². The summed E-state index contributed by atoms with van der Waals surface area (Å²) in [6, 6.07) is 4.12. The van der Waals surface area contributed by atoms with Crippen LogP contribution in [0.1, 0.15) is 223 Å². The fraction of sp³-hybridized carbons (Fsp3) is 0.632. The third-order valence-electron chi connectivity index (χ3n) is 13.5. The van der Waals surface area contributed by atoms with Crippen LogP contribution in [-0.4, -0.2) is 247 Å². The molecule has 0 saturated carbocycles. The number of nitrogens with two attached hydrogens (primary N) is 1. The lowest BCUT2D eigenvalue weighted by atomic mass is 10.1. The van der Waals surface area contributed by atoms with Gasteiger partial charge in [0.05, 0.1) is 69.0 Å². The number of hydrogen-bond donors (Lipinski definition) is 9. The fourth-order valence-electron chi connectivity index (χ4n) is 5.82. The van der Waals surface area contributed by atoms with Gasteiger partial charge in [-0.05, 0) is 167 Å². The van der Waals surface area contributed by atoms with Crippen molar-refractivity contribution in [3.05, 3.63) is 122 Å². The zero-order chi connectivity index (χ0) is 95.8. The van der Waals surface area contributed by atoms with Crippen LogP contribution in [0.25, 0.3) is 0 Å². The smallest absolute Gasteiger partial charge is 0.407 e. The van der Waals surface area contributed by atoms with Crippen molar-refractivity contribution < 1.29 is 131 Å². The van der Waals surface area contributed by atoms with E-state index >= 15 is 0 Å². The Bertz CT molecular complexity index is 3000. The highest BCUT2D eigenvalue weighted by molar-refractivity contribution is 6.00. The van der Waals surface area contributed by atoms with Crippen LogP contribution in [0.15, 0.2) is 132 Å². The quantitative estimate of drug-likeness (QED) is 0.00434. The Morgan fingerprint density at radius 2 is 0.725 bits per heavy atom. The lowest BCUT2D eigenvalue weighted by Gasteiger charge is -2.17. The van der Waals surface area contributed by atoms with Gasteiger partial charge in [0, 0.05) is 102 Å². The fourth-order valence-corrected chi connectivity index (χ4v) is 5.82. The van der Waals surface area contributed by atoms with Crippen LogP contribution >= 0.6 is 0 Å². The molecule has 12 atom stereocenters. The Balaban J connectivity index is -0.000000140. The molecule has 1 fully saturated rings. The van der Waals surface area contributed by atoms with Gasteiger partial charge in [-0.2, -0.15) is 0 Å². The first kappa shape index (κ1) is 131. The number of aliphatic hydroxyl groups is 7. The molecule has 2 rings (SSSR count). The molecule has 0 aliphatic carbocycles. The van der Waals surface area contributed by atoms with E-state index in [1.165, 1.54) is 31.7 Å². The molecule has 12 unspecified atom stereocenters. The van der Waals surface area contributed by atoms with E-state index in [9.17, 15) is 57.8 Å². The Hall–Kier alpha value is -9.50. The molecular formula is C87H152N6O27. The van der Waals surface area contributed by atoms with Crippen LogP contribution < -0.4 is 16.0 Å². The normalized spacial score (nSPS) is 13.2. The molecule has 0 spiro atoms. The van der Waals surface area contributed by atoms with Crippen LogP contribution in [0.2, 0.25) is 0 Å². The van der Waals surface area contributed by atoms with Gasteiger partial charge in [0.25, 0.3) is 0 Å². The SMILES string of the molecule is C=C(C)C(=O)OC(=O)C(=C)C.C=C(C)C(=O)OC(CC)CC(C)O.C=C(C)C(=O)OC(CC)CC(C)O.C=C(C)C(=O)OCC1CO1.C=C(C)C(=O)OCCN=C=O.C=C(C)C(=O)OCCN=C=O.C=C(C)C(=O)OCCNC(=O)OC(CC)CC(C)O.CCC(C)O.CCC(C)O.CCC(C)O.CCC(N)CC(C)O.CN(C)c1ccncc1. The Morgan fingerprint density at radius 3 is 0.942 bits per heavy atom. The van der Waals surface area contributed by atoms with Gasteiger partial charge in [-0.1, -0.05) is 101 Å². The van der Waals surface area contributed by atoms with Gasteiger partial charge in [-0.3, -0.25) is 4.98 Å². The monoisotopic (exact) mass is 1710 g/mol. The van der Waals surface area contributed by atoms with Crippen molar-refractivity contribution in [2.75, 3.05) is 71.7 Å². The van der Waals surface area contributed by atoms with Gasteiger partial charge < -0.3 is 94.3 Å². The first-order chi connectivity index (χ1) is 55.6. The zero-order valence-corrected chi connectivity index (χ0v) is 76.5. The van der Waals surface area contributed by atoms with Crippen molar-refractivity contribution in [2.45, 2.75) is 296 Å². The Morgan fingerprint density at radius 1 is 0.450 bits per heavy atom. The van der Waals surface area contributed by atoms with Crippen molar-refractivity contribution in [2.24, 2.45) is 15.7 Å². The van der Waals surface area contributed by atoms with Gasteiger partial charge in [0.15, 0.2) is 0 Å². The molecule has 1 aromatic rings. The summed E-state index contributed by atoms with van der Waals surface area (Å²) in [4.78, 5) is 129. The molecule has 1 aliphatic heterocycles. The van der Waals surface area contributed by atoms with Crippen LogP contribution in [-0.2, 0) is 90.6 Å². The second-order valence-corrected chi connectivity index (χ2v) is 27.4. The van der Waals surface area contributed by atoms with Crippen molar-refractivity contribution in [1.29, 1.82) is 0 Å². The van der Waals surface area contributed by atoms with E-state index < -0.39 is 54.3 Å². The van der Waals surface area contributed by atoms with E-state index in [-0.39, 0.29) is 123 Å². The van der Waals surface area contributed by atoms with Gasteiger partial charge in [-0.15, -0.1) is 0 Å². The Kier molecular flexibility index (Phi) is 95.5.